The molecule has 0 atom stereocenters. The highest BCUT2D eigenvalue weighted by molar-refractivity contribution is 9.10. The summed E-state index contributed by atoms with van der Waals surface area (Å²) in [4.78, 5) is 27.1. The molecule has 114 valence electrons. The van der Waals surface area contributed by atoms with Gasteiger partial charge in [0.1, 0.15) is 11.3 Å². The molecule has 0 aliphatic carbocycles. The van der Waals surface area contributed by atoms with E-state index in [0.29, 0.717) is 17.6 Å². The van der Waals surface area contributed by atoms with Crippen LogP contribution in [-0.2, 0) is 4.79 Å². The number of ether oxygens (including phenoxy) is 1. The number of hydrogen-bond donors (Lipinski definition) is 1. The van der Waals surface area contributed by atoms with Crippen molar-refractivity contribution in [1.82, 2.24) is 9.80 Å². The molecule has 1 heterocycles. The third-order valence-electron chi connectivity index (χ3n) is 3.39. The van der Waals surface area contributed by atoms with E-state index < -0.39 is 5.97 Å². The van der Waals surface area contributed by atoms with Gasteiger partial charge in [-0.3, -0.25) is 4.79 Å². The van der Waals surface area contributed by atoms with Crippen molar-refractivity contribution in [3.8, 4) is 5.75 Å². The molecule has 1 aromatic carbocycles. The Kier molecular flexibility index (Phi) is 5.19. The van der Waals surface area contributed by atoms with Crippen LogP contribution in [0.2, 0.25) is 0 Å². The smallest absolute Gasteiger partial charge is 0.339 e. The van der Waals surface area contributed by atoms with Crippen LogP contribution in [0.25, 0.3) is 0 Å². The highest BCUT2D eigenvalue weighted by Crippen LogP contribution is 2.29. The molecule has 21 heavy (non-hydrogen) atoms. The van der Waals surface area contributed by atoms with Gasteiger partial charge in [-0.1, -0.05) is 6.07 Å². The fourth-order valence-corrected chi connectivity index (χ4v) is 2.59. The lowest BCUT2D eigenvalue weighted by Crippen LogP contribution is -2.48. The van der Waals surface area contributed by atoms with E-state index in [0.717, 1.165) is 13.1 Å². The average molecular weight is 357 g/mol. The second-order valence-corrected chi connectivity index (χ2v) is 5.75. The van der Waals surface area contributed by atoms with E-state index in [9.17, 15) is 9.59 Å². The summed E-state index contributed by atoms with van der Waals surface area (Å²) < 4.78 is 5.96. The van der Waals surface area contributed by atoms with Gasteiger partial charge in [0.25, 0.3) is 5.91 Å². The molecule has 1 aromatic rings. The topological polar surface area (TPSA) is 70.1 Å². The van der Waals surface area contributed by atoms with Crippen molar-refractivity contribution >= 4 is 27.8 Å². The number of aromatic carboxylic acids is 1. The molecule has 1 fully saturated rings. The number of carbonyl (C=O) groups is 2. The molecule has 0 unspecified atom stereocenters. The van der Waals surface area contributed by atoms with Crippen LogP contribution in [0.3, 0.4) is 0 Å². The number of hydrogen-bond acceptors (Lipinski definition) is 4. The summed E-state index contributed by atoms with van der Waals surface area (Å²) in [5, 5.41) is 9.13. The Morgan fingerprint density at radius 3 is 2.57 bits per heavy atom. The van der Waals surface area contributed by atoms with Gasteiger partial charge in [0.2, 0.25) is 0 Å². The first kappa shape index (κ1) is 15.8. The second kappa shape index (κ2) is 6.91. The minimum absolute atomic E-state index is 0.0375. The molecule has 1 aliphatic heterocycles. The van der Waals surface area contributed by atoms with Gasteiger partial charge >= 0.3 is 5.97 Å². The number of carboxylic acids is 1. The Morgan fingerprint density at radius 2 is 1.95 bits per heavy atom. The fraction of sp³-hybridized carbons (Fsp3) is 0.429. The second-order valence-electron chi connectivity index (χ2n) is 4.89. The molecule has 0 radical (unpaired) electrons. The summed E-state index contributed by atoms with van der Waals surface area (Å²) in [5.41, 5.74) is 0.0375. The molecular formula is C14H17BrN2O4. The zero-order chi connectivity index (χ0) is 15.4. The number of likely N-dealkylation sites (N-methyl/N-ethyl adjacent to an activating group) is 1. The van der Waals surface area contributed by atoms with Gasteiger partial charge in [0.05, 0.1) is 4.47 Å². The van der Waals surface area contributed by atoms with E-state index in [1.54, 1.807) is 17.0 Å². The van der Waals surface area contributed by atoms with Crippen LogP contribution in [0.5, 0.6) is 5.75 Å². The standard InChI is InChI=1S/C14H17BrN2O4/c1-16-5-7-17(8-6-16)12(18)9-21-13-10(14(19)20)3-2-4-11(13)15/h2-4H,5-9H2,1H3,(H,19,20). The third kappa shape index (κ3) is 3.95. The fourth-order valence-electron chi connectivity index (χ4n) is 2.10. The lowest BCUT2D eigenvalue weighted by molar-refractivity contribution is -0.134. The predicted octanol–water partition coefficient (Wildman–Crippen LogP) is 1.30. The van der Waals surface area contributed by atoms with Crippen LogP contribution in [-0.4, -0.2) is 66.6 Å². The van der Waals surface area contributed by atoms with Crippen molar-refractivity contribution in [2.75, 3.05) is 39.8 Å². The molecule has 1 aliphatic rings. The number of nitrogens with zero attached hydrogens (tertiary/aromatic N) is 2. The van der Waals surface area contributed by atoms with Gasteiger partial charge in [-0.25, -0.2) is 4.79 Å². The summed E-state index contributed by atoms with van der Waals surface area (Å²) in [5.74, 6) is -1.03. The zero-order valence-corrected chi connectivity index (χ0v) is 13.3. The largest absolute Gasteiger partial charge is 0.482 e. The van der Waals surface area contributed by atoms with E-state index in [-0.39, 0.29) is 23.8 Å². The molecule has 0 saturated carbocycles. The minimum Gasteiger partial charge on any atom is -0.482 e. The summed E-state index contributed by atoms with van der Waals surface area (Å²) in [6.07, 6.45) is 0. The van der Waals surface area contributed by atoms with Crippen LogP contribution < -0.4 is 4.74 Å². The molecule has 7 heteroatoms. The zero-order valence-electron chi connectivity index (χ0n) is 11.7. The van der Waals surface area contributed by atoms with E-state index in [1.165, 1.54) is 6.07 Å². The summed E-state index contributed by atoms with van der Waals surface area (Å²) >= 11 is 3.25. The quantitative estimate of drug-likeness (QED) is 0.880. The normalized spacial score (nSPS) is 15.8. The number of piperazine rings is 1. The van der Waals surface area contributed by atoms with Crippen molar-refractivity contribution in [3.05, 3.63) is 28.2 Å². The Hall–Kier alpha value is -1.60. The van der Waals surface area contributed by atoms with Crippen molar-refractivity contribution in [2.45, 2.75) is 0 Å². The van der Waals surface area contributed by atoms with Crippen LogP contribution in [0.1, 0.15) is 10.4 Å². The van der Waals surface area contributed by atoms with Gasteiger partial charge in [-0.15, -0.1) is 0 Å². The summed E-state index contributed by atoms with van der Waals surface area (Å²) in [6, 6.07) is 4.74. The summed E-state index contributed by atoms with van der Waals surface area (Å²) in [6.45, 7) is 2.84. The van der Waals surface area contributed by atoms with Crippen molar-refractivity contribution < 1.29 is 19.4 Å². The maximum Gasteiger partial charge on any atom is 0.339 e. The van der Waals surface area contributed by atoms with Gasteiger partial charge < -0.3 is 19.6 Å². The number of rotatable bonds is 4. The third-order valence-corrected chi connectivity index (χ3v) is 4.02. The van der Waals surface area contributed by atoms with E-state index in [1.807, 2.05) is 7.05 Å². The Labute approximate surface area is 131 Å². The first-order chi connectivity index (χ1) is 9.99. The van der Waals surface area contributed by atoms with E-state index >= 15 is 0 Å². The van der Waals surface area contributed by atoms with Crippen molar-refractivity contribution in [1.29, 1.82) is 0 Å². The predicted molar refractivity (Wildman–Crippen MR) is 80.7 cm³/mol. The van der Waals surface area contributed by atoms with Crippen LogP contribution >= 0.6 is 15.9 Å². The molecule has 0 aromatic heterocycles. The molecule has 1 amide bonds. The average Bonchev–Trinajstić information content (AvgIpc) is 2.46. The highest BCUT2D eigenvalue weighted by atomic mass is 79.9. The first-order valence-corrected chi connectivity index (χ1v) is 7.39. The van der Waals surface area contributed by atoms with Crippen molar-refractivity contribution in [3.63, 3.8) is 0 Å². The molecule has 2 rings (SSSR count). The highest BCUT2D eigenvalue weighted by Gasteiger charge is 2.21. The maximum absolute atomic E-state index is 12.1. The van der Waals surface area contributed by atoms with Crippen LogP contribution in [0.4, 0.5) is 0 Å². The number of carbonyl (C=O) groups excluding carboxylic acids is 1. The molecule has 6 nitrogen and oxygen atoms in total. The van der Waals surface area contributed by atoms with Gasteiger partial charge in [-0.05, 0) is 35.1 Å². The number of para-hydroxylation sites is 1. The Morgan fingerprint density at radius 1 is 1.29 bits per heavy atom. The number of benzene rings is 1. The molecule has 0 bridgehead atoms. The number of amides is 1. The SMILES string of the molecule is CN1CCN(C(=O)COc2c(Br)cccc2C(=O)O)CC1. The van der Waals surface area contributed by atoms with Crippen LogP contribution in [0, 0.1) is 0 Å². The van der Waals surface area contributed by atoms with Gasteiger partial charge in [0.15, 0.2) is 6.61 Å². The molecule has 1 saturated heterocycles. The van der Waals surface area contributed by atoms with E-state index in [4.69, 9.17) is 9.84 Å². The maximum atomic E-state index is 12.1. The summed E-state index contributed by atoms with van der Waals surface area (Å²) in [7, 11) is 2.01. The lowest BCUT2D eigenvalue weighted by Gasteiger charge is -2.32. The number of carboxylic acid groups (broad SMARTS) is 1. The monoisotopic (exact) mass is 356 g/mol. The lowest BCUT2D eigenvalue weighted by atomic mass is 10.2. The van der Waals surface area contributed by atoms with Crippen molar-refractivity contribution in [2.24, 2.45) is 0 Å². The Bertz CT molecular complexity index is 542. The van der Waals surface area contributed by atoms with Gasteiger partial charge in [0, 0.05) is 26.2 Å². The van der Waals surface area contributed by atoms with Gasteiger partial charge in [-0.2, -0.15) is 0 Å². The molecular weight excluding hydrogens is 340 g/mol. The first-order valence-electron chi connectivity index (χ1n) is 6.60. The van der Waals surface area contributed by atoms with Crippen LogP contribution in [0.15, 0.2) is 22.7 Å². The molecule has 1 N–H and O–H groups in total. The minimum atomic E-state index is -1.08. The number of halogens is 1. The van der Waals surface area contributed by atoms with E-state index in [2.05, 4.69) is 20.8 Å². The molecule has 0 spiro atoms. The Balaban J connectivity index is 2.00.